The molecule has 2 aromatic carbocycles. The highest BCUT2D eigenvalue weighted by atomic mass is 35.5. The summed E-state index contributed by atoms with van der Waals surface area (Å²) in [5.74, 6) is -0.411. The first-order valence-corrected chi connectivity index (χ1v) is 11.8. The highest BCUT2D eigenvalue weighted by Gasteiger charge is 2.20. The maximum absolute atomic E-state index is 12.7. The number of amides is 2. The topological polar surface area (TPSA) is 58.2 Å². The number of carbonyl (C=O) groups is 2. The predicted octanol–water partition coefficient (Wildman–Crippen LogP) is 5.98. The summed E-state index contributed by atoms with van der Waals surface area (Å²) in [5.41, 5.74) is 2.72. The second-order valence-electron chi connectivity index (χ2n) is 7.75. The van der Waals surface area contributed by atoms with E-state index in [1.54, 1.807) is 12.1 Å². The summed E-state index contributed by atoms with van der Waals surface area (Å²) >= 11 is 12.1. The summed E-state index contributed by atoms with van der Waals surface area (Å²) in [6.07, 6.45) is 6.53. The molecule has 168 valence electrons. The molecule has 6 heteroatoms. The van der Waals surface area contributed by atoms with Crippen molar-refractivity contribution in [3.8, 4) is 0 Å². The zero-order valence-electron chi connectivity index (χ0n) is 18.3. The van der Waals surface area contributed by atoms with E-state index < -0.39 is 6.04 Å². The maximum Gasteiger partial charge on any atom is 0.251 e. The van der Waals surface area contributed by atoms with Crippen LogP contribution in [0.1, 0.15) is 67.4 Å². The van der Waals surface area contributed by atoms with Crippen LogP contribution in [0.2, 0.25) is 10.0 Å². The fourth-order valence-electron chi connectivity index (χ4n) is 3.37. The quantitative estimate of drug-likeness (QED) is 0.380. The molecule has 0 radical (unpaired) electrons. The van der Waals surface area contributed by atoms with Crippen molar-refractivity contribution in [2.24, 2.45) is 0 Å². The third-order valence-electron chi connectivity index (χ3n) is 5.19. The monoisotopic (exact) mass is 462 g/mol. The van der Waals surface area contributed by atoms with E-state index in [1.807, 2.05) is 37.3 Å². The molecule has 4 nitrogen and oxygen atoms in total. The Hall–Kier alpha value is -2.04. The minimum atomic E-state index is -0.567. The number of carbonyl (C=O) groups excluding carboxylic acids is 2. The van der Waals surface area contributed by atoms with E-state index in [-0.39, 0.29) is 11.8 Å². The average Bonchev–Trinajstić information content (AvgIpc) is 2.75. The van der Waals surface area contributed by atoms with E-state index in [0.29, 0.717) is 35.0 Å². The largest absolute Gasteiger partial charge is 0.354 e. The molecule has 2 N–H and O–H groups in total. The maximum atomic E-state index is 12.7. The summed E-state index contributed by atoms with van der Waals surface area (Å²) in [7, 11) is 0. The van der Waals surface area contributed by atoms with Gasteiger partial charge in [-0.3, -0.25) is 9.59 Å². The fraction of sp³-hybridized carbons (Fsp3) is 0.440. The Bertz CT molecular complexity index is 853. The molecule has 2 rings (SSSR count). The van der Waals surface area contributed by atoms with Gasteiger partial charge in [0, 0.05) is 22.2 Å². The smallest absolute Gasteiger partial charge is 0.251 e. The van der Waals surface area contributed by atoms with Gasteiger partial charge in [0.15, 0.2) is 0 Å². The van der Waals surface area contributed by atoms with Crippen molar-refractivity contribution >= 4 is 35.0 Å². The van der Waals surface area contributed by atoms with Crippen LogP contribution in [0.3, 0.4) is 0 Å². The Balaban J connectivity index is 1.88. The van der Waals surface area contributed by atoms with Crippen LogP contribution in [0.4, 0.5) is 0 Å². The minimum absolute atomic E-state index is 0.184. The molecule has 0 aliphatic carbocycles. The minimum Gasteiger partial charge on any atom is -0.354 e. The van der Waals surface area contributed by atoms with Crippen LogP contribution in [0.25, 0.3) is 0 Å². The second kappa shape index (κ2) is 13.4. The molecule has 0 bridgehead atoms. The van der Waals surface area contributed by atoms with E-state index in [1.165, 1.54) is 18.4 Å². The average molecular weight is 463 g/mol. The molecule has 0 saturated heterocycles. The molecule has 1 unspecified atom stereocenters. The van der Waals surface area contributed by atoms with Crippen LogP contribution >= 0.6 is 23.2 Å². The lowest BCUT2D eigenvalue weighted by Gasteiger charge is -2.18. The lowest BCUT2D eigenvalue weighted by atomic mass is 10.0. The molecule has 2 aromatic rings. The first-order chi connectivity index (χ1) is 14.9. The molecule has 0 aliphatic rings. The van der Waals surface area contributed by atoms with Crippen LogP contribution < -0.4 is 10.6 Å². The number of hydrogen-bond acceptors (Lipinski definition) is 2. The van der Waals surface area contributed by atoms with Gasteiger partial charge in [-0.2, -0.15) is 0 Å². The summed E-state index contributed by atoms with van der Waals surface area (Å²) in [4.78, 5) is 25.3. The Labute approximate surface area is 195 Å². The van der Waals surface area contributed by atoms with E-state index >= 15 is 0 Å². The zero-order chi connectivity index (χ0) is 22.6. The van der Waals surface area contributed by atoms with Crippen LogP contribution in [0, 0.1) is 0 Å². The number of aryl methyl sites for hydroxylation is 1. The number of nitrogens with one attached hydrogen (secondary N) is 2. The standard InChI is InChI=1S/C25H32Cl2N2O2/c1-3-5-6-8-18-9-11-20(12-10-18)24(30)29-23(7-4-2)25(31)28-16-15-19-13-14-21(26)17-22(19)27/h9-14,17,23H,3-8,15-16H2,1-2H3,(H,28,31)(H,29,30). The third kappa shape index (κ3) is 8.54. The third-order valence-corrected chi connectivity index (χ3v) is 5.78. The van der Waals surface area contributed by atoms with Gasteiger partial charge in [-0.15, -0.1) is 0 Å². The van der Waals surface area contributed by atoms with E-state index in [4.69, 9.17) is 23.2 Å². The van der Waals surface area contributed by atoms with Crippen LogP contribution in [0.5, 0.6) is 0 Å². The molecule has 0 aromatic heterocycles. The van der Waals surface area contributed by atoms with Gasteiger partial charge in [0.05, 0.1) is 0 Å². The van der Waals surface area contributed by atoms with Crippen molar-refractivity contribution in [2.75, 3.05) is 6.54 Å². The molecule has 0 spiro atoms. The second-order valence-corrected chi connectivity index (χ2v) is 8.59. The van der Waals surface area contributed by atoms with Gasteiger partial charge >= 0.3 is 0 Å². The van der Waals surface area contributed by atoms with Crippen LogP contribution in [0.15, 0.2) is 42.5 Å². The Morgan fingerprint density at radius 2 is 1.68 bits per heavy atom. The summed E-state index contributed by atoms with van der Waals surface area (Å²) < 4.78 is 0. The summed E-state index contributed by atoms with van der Waals surface area (Å²) in [6.45, 7) is 4.61. The van der Waals surface area contributed by atoms with Crippen molar-refractivity contribution in [2.45, 2.75) is 64.8 Å². The van der Waals surface area contributed by atoms with Crippen molar-refractivity contribution in [1.82, 2.24) is 10.6 Å². The van der Waals surface area contributed by atoms with Crippen LogP contribution in [-0.4, -0.2) is 24.4 Å². The van der Waals surface area contributed by atoms with Gasteiger partial charge in [-0.1, -0.05) is 74.5 Å². The summed E-state index contributed by atoms with van der Waals surface area (Å²) in [5, 5.41) is 6.95. The van der Waals surface area contributed by atoms with Crippen LogP contribution in [-0.2, 0) is 17.6 Å². The zero-order valence-corrected chi connectivity index (χ0v) is 19.9. The summed E-state index contributed by atoms with van der Waals surface area (Å²) in [6, 6.07) is 12.4. The number of rotatable bonds is 12. The van der Waals surface area contributed by atoms with Crippen molar-refractivity contribution in [3.05, 3.63) is 69.2 Å². The molecule has 0 saturated carbocycles. The van der Waals surface area contributed by atoms with Gasteiger partial charge in [0.1, 0.15) is 6.04 Å². The van der Waals surface area contributed by atoms with Crippen molar-refractivity contribution in [3.63, 3.8) is 0 Å². The first kappa shape index (κ1) is 25.2. The molecular weight excluding hydrogens is 431 g/mol. The molecule has 31 heavy (non-hydrogen) atoms. The lowest BCUT2D eigenvalue weighted by molar-refractivity contribution is -0.123. The predicted molar refractivity (Wildman–Crippen MR) is 129 cm³/mol. The molecule has 1 atom stereocenters. The van der Waals surface area contributed by atoms with Gasteiger partial charge in [0.2, 0.25) is 5.91 Å². The lowest BCUT2D eigenvalue weighted by Crippen LogP contribution is -2.47. The normalized spacial score (nSPS) is 11.7. The number of benzene rings is 2. The number of halogens is 2. The molecule has 2 amide bonds. The Morgan fingerprint density at radius 1 is 0.935 bits per heavy atom. The molecule has 0 fully saturated rings. The Kier molecular flexibility index (Phi) is 10.9. The van der Waals surface area contributed by atoms with Crippen molar-refractivity contribution in [1.29, 1.82) is 0 Å². The van der Waals surface area contributed by atoms with Gasteiger partial charge in [-0.25, -0.2) is 0 Å². The SMILES string of the molecule is CCCCCc1ccc(C(=O)NC(CCC)C(=O)NCCc2ccc(Cl)cc2Cl)cc1. The molecule has 0 heterocycles. The van der Waals surface area contributed by atoms with Gasteiger partial charge in [0.25, 0.3) is 5.91 Å². The molecule has 0 aliphatic heterocycles. The highest BCUT2D eigenvalue weighted by Crippen LogP contribution is 2.21. The number of hydrogen-bond donors (Lipinski definition) is 2. The van der Waals surface area contributed by atoms with E-state index in [9.17, 15) is 9.59 Å². The molecular formula is C25H32Cl2N2O2. The van der Waals surface area contributed by atoms with E-state index in [0.717, 1.165) is 24.8 Å². The van der Waals surface area contributed by atoms with Gasteiger partial charge in [-0.05, 0) is 61.1 Å². The highest BCUT2D eigenvalue weighted by molar-refractivity contribution is 6.35. The van der Waals surface area contributed by atoms with Gasteiger partial charge < -0.3 is 10.6 Å². The Morgan fingerprint density at radius 3 is 2.32 bits per heavy atom. The first-order valence-electron chi connectivity index (χ1n) is 11.1. The van der Waals surface area contributed by atoms with Crippen molar-refractivity contribution < 1.29 is 9.59 Å². The van der Waals surface area contributed by atoms with E-state index in [2.05, 4.69) is 17.6 Å². The number of unbranched alkanes of at least 4 members (excludes halogenated alkanes) is 2. The fourth-order valence-corrected chi connectivity index (χ4v) is 3.87.